The van der Waals surface area contributed by atoms with Gasteiger partial charge < -0.3 is 11.5 Å². The van der Waals surface area contributed by atoms with Crippen molar-refractivity contribution in [3.05, 3.63) is 28.2 Å². The maximum atomic E-state index is 11.3. The molecule has 0 radical (unpaired) electrons. The first-order valence-electron chi connectivity index (χ1n) is 6.63. The second kappa shape index (κ2) is 6.39. The zero-order chi connectivity index (χ0) is 13.8. The molecule has 19 heavy (non-hydrogen) atoms. The summed E-state index contributed by atoms with van der Waals surface area (Å²) in [5.74, 6) is -0.271. The summed E-state index contributed by atoms with van der Waals surface area (Å²) in [5.41, 5.74) is 13.1. The molecule has 0 atom stereocenters. The van der Waals surface area contributed by atoms with Crippen molar-refractivity contribution >= 4 is 27.5 Å². The molecule has 0 aromatic heterocycles. The zero-order valence-electron chi connectivity index (χ0n) is 10.9. The summed E-state index contributed by atoms with van der Waals surface area (Å²) >= 11 is 3.52. The fraction of sp³-hybridized carbons (Fsp3) is 0.500. The van der Waals surface area contributed by atoms with Crippen LogP contribution in [0, 0.1) is 0 Å². The van der Waals surface area contributed by atoms with E-state index in [-0.39, 0.29) is 5.91 Å². The number of carbonyl (C=O) groups is 1. The van der Waals surface area contributed by atoms with Crippen LogP contribution in [0.2, 0.25) is 0 Å². The van der Waals surface area contributed by atoms with Crippen LogP contribution >= 0.6 is 15.9 Å². The number of nitrogens with zero attached hydrogens (tertiary/aromatic N) is 1. The maximum absolute atomic E-state index is 11.3. The van der Waals surface area contributed by atoms with E-state index >= 15 is 0 Å². The first-order valence-corrected chi connectivity index (χ1v) is 7.42. The lowest BCUT2D eigenvalue weighted by molar-refractivity contribution is -0.119. The van der Waals surface area contributed by atoms with Gasteiger partial charge in [-0.3, -0.25) is 9.69 Å². The minimum Gasteiger partial charge on any atom is -0.398 e. The Bertz CT molecular complexity index is 458. The second-order valence-corrected chi connectivity index (χ2v) is 5.92. The van der Waals surface area contributed by atoms with Crippen LogP contribution in [0.1, 0.15) is 31.2 Å². The number of anilines is 1. The van der Waals surface area contributed by atoms with Gasteiger partial charge in [0.2, 0.25) is 5.91 Å². The highest BCUT2D eigenvalue weighted by Gasteiger charge is 2.24. The average Bonchev–Trinajstić information content (AvgIpc) is 2.87. The first kappa shape index (κ1) is 14.3. The van der Waals surface area contributed by atoms with Crippen LogP contribution in [-0.2, 0) is 11.3 Å². The molecule has 0 unspecified atom stereocenters. The molecule has 1 aliphatic rings. The van der Waals surface area contributed by atoms with E-state index in [9.17, 15) is 4.79 Å². The molecule has 5 heteroatoms. The van der Waals surface area contributed by atoms with E-state index < -0.39 is 0 Å². The number of benzene rings is 1. The Labute approximate surface area is 122 Å². The van der Waals surface area contributed by atoms with Gasteiger partial charge in [0.15, 0.2) is 0 Å². The molecule has 0 aliphatic heterocycles. The molecule has 1 aromatic carbocycles. The number of primary amides is 1. The molecule has 4 nitrogen and oxygen atoms in total. The Balaban J connectivity index is 2.14. The highest BCUT2D eigenvalue weighted by molar-refractivity contribution is 9.10. The van der Waals surface area contributed by atoms with Gasteiger partial charge >= 0.3 is 0 Å². The number of nitrogen functional groups attached to an aromatic ring is 1. The van der Waals surface area contributed by atoms with Crippen LogP contribution in [0.5, 0.6) is 0 Å². The summed E-state index contributed by atoms with van der Waals surface area (Å²) in [6, 6.07) is 6.29. The van der Waals surface area contributed by atoms with E-state index in [1.165, 1.54) is 12.8 Å². The van der Waals surface area contributed by atoms with Gasteiger partial charge in [-0.05, 0) is 40.4 Å². The summed E-state index contributed by atoms with van der Waals surface area (Å²) in [6.07, 6.45) is 4.76. The van der Waals surface area contributed by atoms with Gasteiger partial charge in [-0.2, -0.15) is 0 Å². The molecule has 0 saturated heterocycles. The second-order valence-electron chi connectivity index (χ2n) is 5.13. The molecule has 0 heterocycles. The van der Waals surface area contributed by atoms with Gasteiger partial charge in [0, 0.05) is 22.7 Å². The van der Waals surface area contributed by atoms with E-state index in [1.54, 1.807) is 0 Å². The van der Waals surface area contributed by atoms with Crippen molar-refractivity contribution < 1.29 is 4.79 Å². The van der Waals surface area contributed by atoms with Crippen LogP contribution < -0.4 is 11.5 Å². The molecule has 1 aromatic rings. The summed E-state index contributed by atoms with van der Waals surface area (Å²) in [7, 11) is 0. The number of amides is 1. The van der Waals surface area contributed by atoms with E-state index in [1.807, 2.05) is 18.2 Å². The molecule has 0 spiro atoms. The molecular weight excluding hydrogens is 306 g/mol. The van der Waals surface area contributed by atoms with Crippen molar-refractivity contribution in [2.24, 2.45) is 5.73 Å². The van der Waals surface area contributed by atoms with Crippen LogP contribution in [-0.4, -0.2) is 23.4 Å². The van der Waals surface area contributed by atoms with Crippen molar-refractivity contribution in [1.29, 1.82) is 0 Å². The third kappa shape index (κ3) is 3.70. The highest BCUT2D eigenvalue weighted by atomic mass is 79.9. The fourth-order valence-electron chi connectivity index (χ4n) is 2.72. The number of carbonyl (C=O) groups excluding carboxylic acids is 1. The Morgan fingerprint density at radius 1 is 1.37 bits per heavy atom. The third-order valence-electron chi connectivity index (χ3n) is 3.68. The van der Waals surface area contributed by atoms with Gasteiger partial charge in [0.1, 0.15) is 0 Å². The third-order valence-corrected chi connectivity index (χ3v) is 4.65. The summed E-state index contributed by atoms with van der Waals surface area (Å²) in [5, 5.41) is 0. The van der Waals surface area contributed by atoms with Crippen LogP contribution in [0.15, 0.2) is 22.7 Å². The standard InChI is InChI=1S/C14H20BrN3O/c15-14-10(4-3-7-12(14)16)8-18(9-13(17)19)11-5-1-2-6-11/h3-4,7,11H,1-2,5-6,8-9,16H2,(H2,17,19). The SMILES string of the molecule is NC(=O)CN(Cc1cccc(N)c1Br)C1CCCC1. The van der Waals surface area contributed by atoms with Crippen molar-refractivity contribution in [2.75, 3.05) is 12.3 Å². The number of halogens is 1. The van der Waals surface area contributed by atoms with Gasteiger partial charge in [-0.25, -0.2) is 0 Å². The molecule has 1 aliphatic carbocycles. The van der Waals surface area contributed by atoms with Gasteiger partial charge in [0.05, 0.1) is 6.54 Å². The van der Waals surface area contributed by atoms with Gasteiger partial charge in [0.25, 0.3) is 0 Å². The van der Waals surface area contributed by atoms with Crippen molar-refractivity contribution in [3.63, 3.8) is 0 Å². The largest absolute Gasteiger partial charge is 0.398 e. The van der Waals surface area contributed by atoms with E-state index in [0.29, 0.717) is 19.1 Å². The molecule has 1 fully saturated rings. The monoisotopic (exact) mass is 325 g/mol. The average molecular weight is 326 g/mol. The van der Waals surface area contributed by atoms with Gasteiger partial charge in [-0.1, -0.05) is 25.0 Å². The lowest BCUT2D eigenvalue weighted by Crippen LogP contribution is -2.39. The number of rotatable bonds is 5. The van der Waals surface area contributed by atoms with Gasteiger partial charge in [-0.15, -0.1) is 0 Å². The molecule has 2 rings (SSSR count). The van der Waals surface area contributed by atoms with Crippen molar-refractivity contribution in [2.45, 2.75) is 38.3 Å². The minimum absolute atomic E-state index is 0.271. The van der Waals surface area contributed by atoms with Crippen LogP contribution in [0.3, 0.4) is 0 Å². The maximum Gasteiger partial charge on any atom is 0.231 e. The summed E-state index contributed by atoms with van der Waals surface area (Å²) in [4.78, 5) is 13.4. The topological polar surface area (TPSA) is 72.4 Å². The Morgan fingerprint density at radius 3 is 2.68 bits per heavy atom. The Hall–Kier alpha value is -1.07. The van der Waals surface area contributed by atoms with Crippen LogP contribution in [0.25, 0.3) is 0 Å². The lowest BCUT2D eigenvalue weighted by atomic mass is 10.1. The van der Waals surface area contributed by atoms with E-state index in [4.69, 9.17) is 11.5 Å². The molecule has 0 bridgehead atoms. The highest BCUT2D eigenvalue weighted by Crippen LogP contribution is 2.29. The number of hydrogen-bond acceptors (Lipinski definition) is 3. The molecular formula is C14H20BrN3O. The Morgan fingerprint density at radius 2 is 2.05 bits per heavy atom. The smallest absolute Gasteiger partial charge is 0.231 e. The molecule has 1 amide bonds. The number of hydrogen-bond donors (Lipinski definition) is 2. The van der Waals surface area contributed by atoms with Crippen molar-refractivity contribution in [3.8, 4) is 0 Å². The quantitative estimate of drug-likeness (QED) is 0.815. The van der Waals surface area contributed by atoms with E-state index in [2.05, 4.69) is 20.8 Å². The predicted octanol–water partition coefficient (Wildman–Crippen LogP) is 2.26. The minimum atomic E-state index is -0.271. The van der Waals surface area contributed by atoms with E-state index in [0.717, 1.165) is 28.6 Å². The summed E-state index contributed by atoms with van der Waals surface area (Å²) in [6.45, 7) is 1.02. The first-order chi connectivity index (χ1) is 9.08. The zero-order valence-corrected chi connectivity index (χ0v) is 12.5. The fourth-order valence-corrected chi connectivity index (χ4v) is 3.11. The molecule has 1 saturated carbocycles. The van der Waals surface area contributed by atoms with Crippen LogP contribution in [0.4, 0.5) is 5.69 Å². The normalized spacial score (nSPS) is 16.1. The summed E-state index contributed by atoms with van der Waals surface area (Å²) < 4.78 is 0.919. The number of nitrogens with two attached hydrogens (primary N) is 2. The predicted molar refractivity (Wildman–Crippen MR) is 80.4 cm³/mol. The lowest BCUT2D eigenvalue weighted by Gasteiger charge is -2.28. The molecule has 104 valence electrons. The Kier molecular flexibility index (Phi) is 4.82. The molecule has 4 N–H and O–H groups in total. The van der Waals surface area contributed by atoms with Crippen molar-refractivity contribution in [1.82, 2.24) is 4.90 Å².